The van der Waals surface area contributed by atoms with E-state index in [4.69, 9.17) is 4.42 Å². The molecule has 0 atom stereocenters. The van der Waals surface area contributed by atoms with E-state index in [2.05, 4.69) is 15.6 Å². The number of aromatic nitrogens is 2. The fraction of sp³-hybridized carbons (Fsp3) is 0.105. The van der Waals surface area contributed by atoms with Gasteiger partial charge in [0.05, 0.1) is 18.8 Å². The topological polar surface area (TPSA) is 88.6 Å². The Balaban J connectivity index is 1.37. The second-order valence-corrected chi connectivity index (χ2v) is 5.80. The molecule has 4 aromatic rings. The van der Waals surface area contributed by atoms with Crippen molar-refractivity contribution in [3.63, 3.8) is 0 Å². The Hall–Kier alpha value is -3.61. The van der Waals surface area contributed by atoms with E-state index < -0.39 is 0 Å². The second-order valence-electron chi connectivity index (χ2n) is 5.80. The van der Waals surface area contributed by atoms with Crippen LogP contribution in [0.2, 0.25) is 0 Å². The fourth-order valence-electron chi connectivity index (χ4n) is 2.72. The van der Waals surface area contributed by atoms with Gasteiger partial charge in [0.1, 0.15) is 17.0 Å². The number of benzene rings is 1. The minimum absolute atomic E-state index is 0.159. The van der Waals surface area contributed by atoms with Gasteiger partial charge < -0.3 is 15.1 Å². The molecule has 0 aliphatic heterocycles. The number of nitrogens with zero attached hydrogens (tertiary/aromatic N) is 2. The first kappa shape index (κ1) is 15.9. The van der Waals surface area contributed by atoms with E-state index in [-0.39, 0.29) is 24.7 Å². The summed E-state index contributed by atoms with van der Waals surface area (Å²) in [7, 11) is 0. The van der Waals surface area contributed by atoms with Crippen LogP contribution in [0.1, 0.15) is 11.5 Å². The van der Waals surface area contributed by atoms with Gasteiger partial charge >= 0.3 is 6.03 Å². The molecule has 0 aliphatic carbocycles. The lowest BCUT2D eigenvalue weighted by atomic mass is 10.2. The molecule has 0 fully saturated rings. The zero-order valence-electron chi connectivity index (χ0n) is 13.8. The molecular weight excluding hydrogens is 332 g/mol. The van der Waals surface area contributed by atoms with Gasteiger partial charge in [-0.25, -0.2) is 9.78 Å². The molecule has 0 aliphatic rings. The van der Waals surface area contributed by atoms with Crippen LogP contribution >= 0.6 is 0 Å². The molecule has 7 heteroatoms. The van der Waals surface area contributed by atoms with Crippen LogP contribution < -0.4 is 16.2 Å². The van der Waals surface area contributed by atoms with E-state index in [0.717, 1.165) is 11.0 Å². The Kier molecular flexibility index (Phi) is 4.10. The minimum atomic E-state index is -0.361. The lowest BCUT2D eigenvalue weighted by Gasteiger charge is -2.07. The highest BCUT2D eigenvalue weighted by Crippen LogP contribution is 2.18. The minimum Gasteiger partial charge on any atom is -0.459 e. The van der Waals surface area contributed by atoms with Gasteiger partial charge in [-0.3, -0.25) is 9.20 Å². The molecule has 130 valence electrons. The number of hydrogen-bond acceptors (Lipinski definition) is 4. The van der Waals surface area contributed by atoms with Crippen LogP contribution in [-0.2, 0) is 13.1 Å². The maximum Gasteiger partial charge on any atom is 0.315 e. The number of urea groups is 1. The number of furan rings is 1. The van der Waals surface area contributed by atoms with Crippen molar-refractivity contribution < 1.29 is 9.21 Å². The van der Waals surface area contributed by atoms with Crippen LogP contribution in [0, 0.1) is 0 Å². The first-order valence-electron chi connectivity index (χ1n) is 8.15. The Morgan fingerprint density at radius 1 is 1.04 bits per heavy atom. The molecule has 3 aromatic heterocycles. The smallest absolute Gasteiger partial charge is 0.315 e. The highest BCUT2D eigenvalue weighted by atomic mass is 16.3. The Morgan fingerprint density at radius 2 is 1.85 bits per heavy atom. The SMILES string of the molecule is O=C(NCc1cc(=O)n2ccccc2n1)NCc1cc2ccccc2o1. The van der Waals surface area contributed by atoms with Gasteiger partial charge in [-0.15, -0.1) is 0 Å². The number of hydrogen-bond donors (Lipinski definition) is 2. The number of rotatable bonds is 4. The summed E-state index contributed by atoms with van der Waals surface area (Å²) in [6, 6.07) is 15.9. The summed E-state index contributed by atoms with van der Waals surface area (Å²) in [5, 5.41) is 6.41. The maximum absolute atomic E-state index is 12.0. The number of pyridine rings is 1. The molecular formula is C19H16N4O3. The fourth-order valence-corrected chi connectivity index (χ4v) is 2.72. The number of para-hydroxylation sites is 1. The molecule has 0 unspecified atom stereocenters. The van der Waals surface area contributed by atoms with Crippen molar-refractivity contribution >= 4 is 22.6 Å². The number of nitrogens with one attached hydrogen (secondary N) is 2. The molecule has 7 nitrogen and oxygen atoms in total. The van der Waals surface area contributed by atoms with Gasteiger partial charge in [-0.2, -0.15) is 0 Å². The quantitative estimate of drug-likeness (QED) is 0.593. The third-order valence-electron chi connectivity index (χ3n) is 3.95. The largest absolute Gasteiger partial charge is 0.459 e. The van der Waals surface area contributed by atoms with E-state index in [0.29, 0.717) is 17.1 Å². The molecule has 0 bridgehead atoms. The van der Waals surface area contributed by atoms with Crippen molar-refractivity contribution in [1.29, 1.82) is 0 Å². The zero-order valence-corrected chi connectivity index (χ0v) is 13.8. The van der Waals surface area contributed by atoms with Crippen molar-refractivity contribution in [1.82, 2.24) is 20.0 Å². The summed E-state index contributed by atoms with van der Waals surface area (Å²) in [6.45, 7) is 0.431. The molecule has 0 saturated carbocycles. The van der Waals surface area contributed by atoms with Crippen LogP contribution in [0.3, 0.4) is 0 Å². The van der Waals surface area contributed by atoms with Gasteiger partial charge in [0.2, 0.25) is 0 Å². The summed E-state index contributed by atoms with van der Waals surface area (Å²) in [6.07, 6.45) is 1.65. The average Bonchev–Trinajstić information content (AvgIpc) is 3.08. The Morgan fingerprint density at radius 3 is 2.73 bits per heavy atom. The summed E-state index contributed by atoms with van der Waals surface area (Å²) in [5.41, 5.74) is 1.64. The van der Waals surface area contributed by atoms with E-state index in [1.165, 1.54) is 10.5 Å². The highest BCUT2D eigenvalue weighted by Gasteiger charge is 2.07. The molecule has 3 heterocycles. The van der Waals surface area contributed by atoms with Crippen LogP contribution in [0.5, 0.6) is 0 Å². The first-order chi connectivity index (χ1) is 12.7. The van der Waals surface area contributed by atoms with Crippen LogP contribution in [0.15, 0.2) is 70.0 Å². The van der Waals surface area contributed by atoms with Crippen molar-refractivity contribution in [3.8, 4) is 0 Å². The molecule has 0 spiro atoms. The van der Waals surface area contributed by atoms with Crippen molar-refractivity contribution in [2.45, 2.75) is 13.1 Å². The average molecular weight is 348 g/mol. The molecule has 2 amide bonds. The summed E-state index contributed by atoms with van der Waals surface area (Å²) in [4.78, 5) is 28.4. The van der Waals surface area contributed by atoms with Gasteiger partial charge in [-0.05, 0) is 24.3 Å². The van der Waals surface area contributed by atoms with Crippen molar-refractivity contribution in [2.75, 3.05) is 0 Å². The van der Waals surface area contributed by atoms with E-state index in [1.54, 1.807) is 24.4 Å². The molecule has 0 saturated heterocycles. The van der Waals surface area contributed by atoms with Crippen molar-refractivity contribution in [2.24, 2.45) is 0 Å². The second kappa shape index (κ2) is 6.72. The van der Waals surface area contributed by atoms with Crippen LogP contribution in [0.4, 0.5) is 4.79 Å². The predicted molar refractivity (Wildman–Crippen MR) is 96.8 cm³/mol. The molecule has 26 heavy (non-hydrogen) atoms. The monoisotopic (exact) mass is 348 g/mol. The molecule has 0 radical (unpaired) electrons. The lowest BCUT2D eigenvalue weighted by molar-refractivity contribution is 0.239. The van der Waals surface area contributed by atoms with Gasteiger partial charge in [-0.1, -0.05) is 24.3 Å². The normalized spacial score (nSPS) is 10.9. The third-order valence-corrected chi connectivity index (χ3v) is 3.95. The van der Waals surface area contributed by atoms with Gasteiger partial charge in [0.25, 0.3) is 5.56 Å². The molecule has 2 N–H and O–H groups in total. The van der Waals surface area contributed by atoms with Crippen LogP contribution in [-0.4, -0.2) is 15.4 Å². The number of fused-ring (bicyclic) bond motifs is 2. The summed E-state index contributed by atoms with van der Waals surface area (Å²) < 4.78 is 7.10. The zero-order chi connectivity index (χ0) is 17.9. The summed E-state index contributed by atoms with van der Waals surface area (Å²) >= 11 is 0. The number of carbonyl (C=O) groups is 1. The number of amides is 2. The van der Waals surface area contributed by atoms with E-state index in [9.17, 15) is 9.59 Å². The molecule has 1 aromatic carbocycles. The van der Waals surface area contributed by atoms with Crippen LogP contribution in [0.25, 0.3) is 16.6 Å². The standard InChI is InChI=1S/C19H16N4O3/c24-18-10-14(22-17-7-3-4-8-23(17)18)11-20-19(25)21-12-15-9-13-5-1-2-6-16(13)26-15/h1-10H,11-12H2,(H2,20,21,25). The van der Waals surface area contributed by atoms with Gasteiger partial charge in [0, 0.05) is 17.6 Å². The Bertz CT molecular complexity index is 1110. The first-order valence-corrected chi connectivity index (χ1v) is 8.15. The van der Waals surface area contributed by atoms with E-state index in [1.807, 2.05) is 30.3 Å². The Labute approximate surface area is 148 Å². The highest BCUT2D eigenvalue weighted by molar-refractivity contribution is 5.78. The maximum atomic E-state index is 12.0. The predicted octanol–water partition coefficient (Wildman–Crippen LogP) is 2.44. The summed E-state index contributed by atoms with van der Waals surface area (Å²) in [5.74, 6) is 0.670. The van der Waals surface area contributed by atoms with E-state index >= 15 is 0 Å². The van der Waals surface area contributed by atoms with Crippen molar-refractivity contribution in [3.05, 3.63) is 82.6 Å². The lowest BCUT2D eigenvalue weighted by Crippen LogP contribution is -2.35. The van der Waals surface area contributed by atoms with Gasteiger partial charge in [0.15, 0.2) is 0 Å². The molecule has 4 rings (SSSR count). The third kappa shape index (κ3) is 3.27. The number of carbonyl (C=O) groups excluding carboxylic acids is 1.